The van der Waals surface area contributed by atoms with Crippen LogP contribution in [-0.2, 0) is 11.8 Å². The second kappa shape index (κ2) is 5.04. The van der Waals surface area contributed by atoms with Crippen LogP contribution in [0.2, 0.25) is 0 Å². The van der Waals surface area contributed by atoms with Crippen molar-refractivity contribution in [3.8, 4) is 5.75 Å². The maximum absolute atomic E-state index is 13.3. The van der Waals surface area contributed by atoms with E-state index in [1.807, 2.05) is 0 Å². The van der Waals surface area contributed by atoms with Gasteiger partial charge in [-0.2, -0.15) is 13.2 Å². The highest BCUT2D eigenvalue weighted by molar-refractivity contribution is 5.50. The summed E-state index contributed by atoms with van der Waals surface area (Å²) in [6, 6.07) is 0. The average Bonchev–Trinajstić information content (AvgIpc) is 3.15. The standard InChI is InChI=1S/C14H14F5NO2/c15-10(16)6-22-9-5-20-12(11-7(9)1-2-8(11)21)13(3-4-13)14(17,18)19/h5,8,10,21H,1-4,6H2. The summed E-state index contributed by atoms with van der Waals surface area (Å²) in [4.78, 5) is 3.83. The van der Waals surface area contributed by atoms with Gasteiger partial charge in [0.1, 0.15) is 17.8 Å². The zero-order valence-electron chi connectivity index (χ0n) is 11.5. The lowest BCUT2D eigenvalue weighted by Gasteiger charge is -2.23. The molecule has 0 saturated heterocycles. The summed E-state index contributed by atoms with van der Waals surface area (Å²) >= 11 is 0. The fraction of sp³-hybridized carbons (Fsp3) is 0.643. The molecule has 2 aliphatic rings. The summed E-state index contributed by atoms with van der Waals surface area (Å²) in [5, 5.41) is 10.0. The van der Waals surface area contributed by atoms with E-state index < -0.39 is 30.7 Å². The number of hydrogen-bond acceptors (Lipinski definition) is 3. The third-order valence-corrected chi connectivity index (χ3v) is 4.30. The van der Waals surface area contributed by atoms with E-state index in [-0.39, 0.29) is 36.3 Å². The van der Waals surface area contributed by atoms with E-state index in [9.17, 15) is 27.1 Å². The van der Waals surface area contributed by atoms with Crippen molar-refractivity contribution >= 4 is 0 Å². The molecule has 1 unspecified atom stereocenters. The maximum Gasteiger partial charge on any atom is 0.399 e. The van der Waals surface area contributed by atoms with Crippen LogP contribution in [-0.4, -0.2) is 29.3 Å². The number of nitrogens with zero attached hydrogens (tertiary/aromatic N) is 1. The molecular weight excluding hydrogens is 309 g/mol. The number of aliphatic hydroxyl groups is 1. The Morgan fingerprint density at radius 1 is 1.36 bits per heavy atom. The van der Waals surface area contributed by atoms with Crippen LogP contribution in [0.5, 0.6) is 5.75 Å². The second-order valence-electron chi connectivity index (χ2n) is 5.70. The monoisotopic (exact) mass is 323 g/mol. The van der Waals surface area contributed by atoms with Crippen LogP contribution in [0.3, 0.4) is 0 Å². The first kappa shape index (κ1) is 15.5. The molecular formula is C14H14F5NO2. The molecule has 3 rings (SSSR count). The summed E-state index contributed by atoms with van der Waals surface area (Å²) in [6.07, 6.45) is -6.73. The van der Waals surface area contributed by atoms with E-state index in [4.69, 9.17) is 4.74 Å². The molecule has 2 aliphatic carbocycles. The largest absolute Gasteiger partial charge is 0.486 e. The summed E-state index contributed by atoms with van der Waals surface area (Å²) < 4.78 is 69.2. The third kappa shape index (κ3) is 2.33. The Labute approximate surface area is 123 Å². The lowest BCUT2D eigenvalue weighted by atomic mass is 9.93. The minimum atomic E-state index is -4.44. The minimum absolute atomic E-state index is 0.0357. The van der Waals surface area contributed by atoms with E-state index >= 15 is 0 Å². The van der Waals surface area contributed by atoms with Crippen molar-refractivity contribution < 1.29 is 31.8 Å². The molecule has 22 heavy (non-hydrogen) atoms. The molecule has 0 aromatic carbocycles. The molecule has 1 aromatic rings. The number of aromatic nitrogens is 1. The lowest BCUT2D eigenvalue weighted by Crippen LogP contribution is -2.31. The van der Waals surface area contributed by atoms with Gasteiger partial charge in [-0.25, -0.2) is 8.78 Å². The van der Waals surface area contributed by atoms with Crippen molar-refractivity contribution in [1.29, 1.82) is 0 Å². The van der Waals surface area contributed by atoms with Gasteiger partial charge in [0.15, 0.2) is 0 Å². The number of fused-ring (bicyclic) bond motifs is 1. The Kier molecular flexibility index (Phi) is 3.54. The number of rotatable bonds is 4. The highest BCUT2D eigenvalue weighted by atomic mass is 19.4. The fourth-order valence-electron chi connectivity index (χ4n) is 3.03. The van der Waals surface area contributed by atoms with Crippen molar-refractivity contribution in [2.75, 3.05) is 6.61 Å². The normalized spacial score (nSPS) is 22.8. The topological polar surface area (TPSA) is 42.4 Å². The van der Waals surface area contributed by atoms with E-state index in [1.54, 1.807) is 0 Å². The summed E-state index contributed by atoms with van der Waals surface area (Å²) in [5.74, 6) is 0.0357. The molecule has 0 spiro atoms. The van der Waals surface area contributed by atoms with Crippen LogP contribution in [0, 0.1) is 0 Å². The van der Waals surface area contributed by atoms with Crippen LogP contribution in [0.15, 0.2) is 6.20 Å². The molecule has 1 saturated carbocycles. The summed E-state index contributed by atoms with van der Waals surface area (Å²) in [5.41, 5.74) is -1.71. The van der Waals surface area contributed by atoms with Crippen molar-refractivity contribution in [2.24, 2.45) is 0 Å². The number of aliphatic hydroxyl groups excluding tert-OH is 1. The predicted octanol–water partition coefficient (Wildman–Crippen LogP) is 3.30. The van der Waals surface area contributed by atoms with Crippen LogP contribution >= 0.6 is 0 Å². The van der Waals surface area contributed by atoms with Crippen LogP contribution in [0.4, 0.5) is 22.0 Å². The van der Waals surface area contributed by atoms with Crippen LogP contribution in [0.1, 0.15) is 42.2 Å². The SMILES string of the molecule is OC1CCc2c(OCC(F)F)cnc(C3(C(F)(F)F)CC3)c21. The van der Waals surface area contributed by atoms with E-state index in [0.717, 1.165) is 6.20 Å². The number of alkyl halides is 5. The molecule has 0 amide bonds. The number of ether oxygens (including phenoxy) is 1. The maximum atomic E-state index is 13.3. The van der Waals surface area contributed by atoms with Gasteiger partial charge in [0.25, 0.3) is 6.43 Å². The number of hydrogen-bond donors (Lipinski definition) is 1. The van der Waals surface area contributed by atoms with Gasteiger partial charge in [-0.05, 0) is 25.7 Å². The molecule has 1 heterocycles. The van der Waals surface area contributed by atoms with Gasteiger partial charge in [-0.15, -0.1) is 0 Å². The zero-order valence-corrected chi connectivity index (χ0v) is 11.5. The summed E-state index contributed by atoms with van der Waals surface area (Å²) in [7, 11) is 0. The molecule has 1 atom stereocenters. The van der Waals surface area contributed by atoms with Gasteiger partial charge in [-0.3, -0.25) is 4.98 Å². The lowest BCUT2D eigenvalue weighted by molar-refractivity contribution is -0.161. The van der Waals surface area contributed by atoms with E-state index in [1.165, 1.54) is 0 Å². The molecule has 122 valence electrons. The quantitative estimate of drug-likeness (QED) is 0.865. The average molecular weight is 323 g/mol. The van der Waals surface area contributed by atoms with Gasteiger partial charge < -0.3 is 9.84 Å². The highest BCUT2D eigenvalue weighted by Gasteiger charge is 2.66. The molecule has 0 aliphatic heterocycles. The molecule has 8 heteroatoms. The number of pyridine rings is 1. The van der Waals surface area contributed by atoms with Crippen LogP contribution in [0.25, 0.3) is 0 Å². The Bertz CT molecular complexity index is 583. The molecule has 0 radical (unpaired) electrons. The highest BCUT2D eigenvalue weighted by Crippen LogP contribution is 2.60. The first-order valence-corrected chi connectivity index (χ1v) is 6.94. The Morgan fingerprint density at radius 3 is 2.59 bits per heavy atom. The van der Waals surface area contributed by atoms with Gasteiger partial charge in [-0.1, -0.05) is 0 Å². The minimum Gasteiger partial charge on any atom is -0.486 e. The Hall–Kier alpha value is -1.44. The first-order chi connectivity index (χ1) is 10.3. The van der Waals surface area contributed by atoms with E-state index in [0.29, 0.717) is 12.0 Å². The van der Waals surface area contributed by atoms with Gasteiger partial charge in [0.2, 0.25) is 0 Å². The molecule has 1 N–H and O–H groups in total. The Morgan fingerprint density at radius 2 is 2.05 bits per heavy atom. The number of halogens is 5. The molecule has 1 fully saturated rings. The molecule has 3 nitrogen and oxygen atoms in total. The van der Waals surface area contributed by atoms with Gasteiger partial charge in [0, 0.05) is 11.1 Å². The third-order valence-electron chi connectivity index (χ3n) is 4.30. The van der Waals surface area contributed by atoms with E-state index in [2.05, 4.69) is 4.98 Å². The predicted molar refractivity (Wildman–Crippen MR) is 66.0 cm³/mol. The van der Waals surface area contributed by atoms with Crippen molar-refractivity contribution in [3.63, 3.8) is 0 Å². The van der Waals surface area contributed by atoms with Crippen molar-refractivity contribution in [1.82, 2.24) is 4.98 Å². The molecule has 1 aromatic heterocycles. The fourth-order valence-corrected chi connectivity index (χ4v) is 3.03. The van der Waals surface area contributed by atoms with Crippen molar-refractivity contribution in [2.45, 2.75) is 49.8 Å². The van der Waals surface area contributed by atoms with Crippen LogP contribution < -0.4 is 4.74 Å². The second-order valence-corrected chi connectivity index (χ2v) is 5.70. The zero-order chi connectivity index (χ0) is 16.1. The summed E-state index contributed by atoms with van der Waals surface area (Å²) in [6.45, 7) is -0.853. The first-order valence-electron chi connectivity index (χ1n) is 6.94. The Balaban J connectivity index is 2.02. The van der Waals surface area contributed by atoms with Crippen molar-refractivity contribution in [3.05, 3.63) is 23.0 Å². The molecule has 0 bridgehead atoms. The van der Waals surface area contributed by atoms with Gasteiger partial charge in [0.05, 0.1) is 18.0 Å². The van der Waals surface area contributed by atoms with Gasteiger partial charge >= 0.3 is 6.18 Å². The smallest absolute Gasteiger partial charge is 0.399 e.